The van der Waals surface area contributed by atoms with E-state index in [9.17, 15) is 19.1 Å². The van der Waals surface area contributed by atoms with Crippen LogP contribution in [0.25, 0.3) is 5.76 Å². The number of benzene rings is 2. The number of rotatable bonds is 4. The number of anilines is 1. The van der Waals surface area contributed by atoms with Crippen LogP contribution in [-0.2, 0) is 9.59 Å². The summed E-state index contributed by atoms with van der Waals surface area (Å²) < 4.78 is 24.9. The number of amides is 1. The Bertz CT molecular complexity index is 1240. The van der Waals surface area contributed by atoms with Gasteiger partial charge in [0, 0.05) is 17.2 Å². The summed E-state index contributed by atoms with van der Waals surface area (Å²) in [5.74, 6) is -2.33. The van der Waals surface area contributed by atoms with Crippen LogP contribution >= 0.6 is 11.6 Å². The summed E-state index contributed by atoms with van der Waals surface area (Å²) in [7, 11) is 1.43. The lowest BCUT2D eigenvalue weighted by molar-refractivity contribution is -0.132. The van der Waals surface area contributed by atoms with Gasteiger partial charge in [-0.3, -0.25) is 14.5 Å². The summed E-state index contributed by atoms with van der Waals surface area (Å²) in [6.45, 7) is 1.62. The van der Waals surface area contributed by atoms with E-state index in [1.54, 1.807) is 13.0 Å². The molecule has 0 spiro atoms. The van der Waals surface area contributed by atoms with E-state index in [4.69, 9.17) is 20.9 Å². The van der Waals surface area contributed by atoms with Crippen LogP contribution in [-0.4, -0.2) is 29.1 Å². The summed E-state index contributed by atoms with van der Waals surface area (Å²) in [6.07, 6.45) is 0. The quantitative estimate of drug-likeness (QED) is 0.365. The molecule has 0 saturated carbocycles. The van der Waals surface area contributed by atoms with Gasteiger partial charge in [0.25, 0.3) is 5.78 Å². The van der Waals surface area contributed by atoms with Gasteiger partial charge in [0.2, 0.25) is 0 Å². The maximum absolute atomic E-state index is 14.8. The van der Waals surface area contributed by atoms with Gasteiger partial charge in [0.05, 0.1) is 23.7 Å². The predicted molar refractivity (Wildman–Crippen MR) is 110 cm³/mol. The zero-order valence-corrected chi connectivity index (χ0v) is 17.2. The lowest BCUT2D eigenvalue weighted by atomic mass is 9.95. The van der Waals surface area contributed by atoms with E-state index < -0.39 is 29.3 Å². The number of methoxy groups -OCH3 is 1. The molecule has 7 nitrogen and oxygen atoms in total. The number of nitrogens with zero attached hydrogens (tertiary/aromatic N) is 2. The van der Waals surface area contributed by atoms with E-state index in [0.717, 1.165) is 4.90 Å². The molecule has 3 aromatic rings. The number of hydrogen-bond acceptors (Lipinski definition) is 6. The van der Waals surface area contributed by atoms with E-state index in [0.29, 0.717) is 11.5 Å². The van der Waals surface area contributed by atoms with Gasteiger partial charge in [-0.15, -0.1) is 0 Å². The van der Waals surface area contributed by atoms with Crippen LogP contribution < -0.4 is 9.64 Å². The number of hydrogen-bond donors (Lipinski definition) is 1. The Labute approximate surface area is 181 Å². The van der Waals surface area contributed by atoms with Gasteiger partial charge in [-0.25, -0.2) is 4.39 Å². The highest BCUT2D eigenvalue weighted by molar-refractivity contribution is 6.51. The molecule has 31 heavy (non-hydrogen) atoms. The number of aryl methyl sites for hydroxylation is 1. The predicted octanol–water partition coefficient (Wildman–Crippen LogP) is 4.41. The molecule has 2 aromatic carbocycles. The smallest absolute Gasteiger partial charge is 0.301 e. The van der Waals surface area contributed by atoms with Crippen LogP contribution in [0.4, 0.5) is 10.2 Å². The Kier molecular flexibility index (Phi) is 5.24. The molecular weight excluding hydrogens is 427 g/mol. The minimum Gasteiger partial charge on any atom is -0.507 e. The Morgan fingerprint density at radius 1 is 1.23 bits per heavy atom. The van der Waals surface area contributed by atoms with Crippen molar-refractivity contribution < 1.29 is 28.3 Å². The van der Waals surface area contributed by atoms with Crippen molar-refractivity contribution in [3.63, 3.8) is 0 Å². The van der Waals surface area contributed by atoms with E-state index in [1.165, 1.54) is 49.6 Å². The third-order valence-electron chi connectivity index (χ3n) is 4.93. The van der Waals surface area contributed by atoms with Crippen molar-refractivity contribution in [2.75, 3.05) is 12.0 Å². The van der Waals surface area contributed by atoms with Crippen LogP contribution in [0.3, 0.4) is 0 Å². The zero-order chi connectivity index (χ0) is 22.3. The van der Waals surface area contributed by atoms with Crippen molar-refractivity contribution in [1.82, 2.24) is 5.16 Å². The van der Waals surface area contributed by atoms with E-state index in [2.05, 4.69) is 5.16 Å². The number of halogens is 2. The second kappa shape index (κ2) is 7.88. The molecule has 1 N–H and O–H groups in total. The largest absolute Gasteiger partial charge is 0.507 e. The second-order valence-corrected chi connectivity index (χ2v) is 7.24. The van der Waals surface area contributed by atoms with Crippen molar-refractivity contribution in [2.24, 2.45) is 0 Å². The number of carbonyl (C=O) groups excluding carboxylic acids is 2. The summed E-state index contributed by atoms with van der Waals surface area (Å²) in [5.41, 5.74) is -0.109. The normalized spacial score (nSPS) is 17.9. The van der Waals surface area contributed by atoms with E-state index >= 15 is 0 Å². The number of ether oxygens (including phenoxy) is 1. The molecule has 158 valence electrons. The first-order valence-corrected chi connectivity index (χ1v) is 9.54. The lowest BCUT2D eigenvalue weighted by Crippen LogP contribution is -2.30. The number of carbonyl (C=O) groups is 2. The SMILES string of the molecule is COc1ccc(/C(O)=C2\C(=O)C(=O)N(c3cc(C)on3)C2c2ccccc2F)cc1Cl. The highest BCUT2D eigenvalue weighted by Crippen LogP contribution is 2.43. The first-order chi connectivity index (χ1) is 14.8. The molecule has 1 fully saturated rings. The zero-order valence-electron chi connectivity index (χ0n) is 16.4. The Balaban J connectivity index is 1.96. The molecule has 0 radical (unpaired) electrons. The summed E-state index contributed by atoms with van der Waals surface area (Å²) in [5, 5.41) is 15.0. The first kappa shape index (κ1) is 20.6. The topological polar surface area (TPSA) is 92.9 Å². The van der Waals surface area contributed by atoms with Gasteiger partial charge >= 0.3 is 5.91 Å². The van der Waals surface area contributed by atoms with E-state index in [-0.39, 0.29) is 27.5 Å². The fraction of sp³-hybridized carbons (Fsp3) is 0.136. The van der Waals surface area contributed by atoms with Crippen LogP contribution in [0.2, 0.25) is 5.02 Å². The molecule has 4 rings (SSSR count). The molecule has 1 atom stereocenters. The molecule has 1 saturated heterocycles. The van der Waals surface area contributed by atoms with Gasteiger partial charge in [-0.1, -0.05) is 35.0 Å². The number of aliphatic hydroxyl groups is 1. The highest BCUT2D eigenvalue weighted by Gasteiger charge is 2.48. The maximum Gasteiger partial charge on any atom is 0.301 e. The number of Topliss-reactive ketones (excluding diaryl/α,β-unsaturated/α-hetero) is 1. The Morgan fingerprint density at radius 3 is 2.58 bits per heavy atom. The average Bonchev–Trinajstić information content (AvgIpc) is 3.28. The molecule has 9 heteroatoms. The minimum absolute atomic E-state index is 0.0171. The van der Waals surface area contributed by atoms with Crippen LogP contribution in [0.5, 0.6) is 5.75 Å². The maximum atomic E-state index is 14.8. The Morgan fingerprint density at radius 2 is 1.97 bits per heavy atom. The third-order valence-corrected chi connectivity index (χ3v) is 5.23. The van der Waals surface area contributed by atoms with Crippen molar-refractivity contribution in [1.29, 1.82) is 0 Å². The van der Waals surface area contributed by atoms with Gasteiger partial charge in [-0.05, 0) is 31.2 Å². The average molecular weight is 443 g/mol. The van der Waals surface area contributed by atoms with E-state index in [1.807, 2.05) is 0 Å². The molecule has 0 aliphatic carbocycles. The molecular formula is C22H16ClFN2O5. The second-order valence-electron chi connectivity index (χ2n) is 6.84. The summed E-state index contributed by atoms with van der Waals surface area (Å²) in [4.78, 5) is 26.9. The molecule has 1 aromatic heterocycles. The standard InChI is InChI=1S/C22H16ClFN2O5/c1-11-9-17(25-31-11)26-19(13-5-3-4-6-15(13)24)18(21(28)22(26)29)20(27)12-7-8-16(30-2)14(23)10-12/h3-10,19,27H,1-2H3/b20-18+. The monoisotopic (exact) mass is 442 g/mol. The van der Waals surface area contributed by atoms with Crippen LogP contribution in [0.15, 0.2) is 58.6 Å². The van der Waals surface area contributed by atoms with Gasteiger partial charge in [0.15, 0.2) is 5.82 Å². The van der Waals surface area contributed by atoms with Crippen molar-refractivity contribution in [3.05, 3.63) is 81.8 Å². The Hall–Kier alpha value is -3.65. The number of ketones is 1. The molecule has 2 heterocycles. The molecule has 1 aliphatic heterocycles. The lowest BCUT2D eigenvalue weighted by Gasteiger charge is -2.23. The number of aliphatic hydroxyl groups excluding tert-OH is 1. The molecule has 1 aliphatic rings. The third kappa shape index (κ3) is 3.44. The van der Waals surface area contributed by atoms with Crippen molar-refractivity contribution in [3.8, 4) is 5.75 Å². The van der Waals surface area contributed by atoms with Gasteiger partial charge in [-0.2, -0.15) is 0 Å². The van der Waals surface area contributed by atoms with Crippen molar-refractivity contribution in [2.45, 2.75) is 13.0 Å². The first-order valence-electron chi connectivity index (χ1n) is 9.16. The fourth-order valence-electron chi connectivity index (χ4n) is 3.50. The van der Waals surface area contributed by atoms with Crippen LogP contribution in [0.1, 0.15) is 22.9 Å². The molecule has 1 unspecified atom stereocenters. The van der Waals surface area contributed by atoms with Gasteiger partial charge in [0.1, 0.15) is 23.1 Å². The van der Waals surface area contributed by atoms with Crippen molar-refractivity contribution >= 4 is 34.9 Å². The summed E-state index contributed by atoms with van der Waals surface area (Å²) in [6, 6.07) is 10.2. The summed E-state index contributed by atoms with van der Waals surface area (Å²) >= 11 is 6.15. The molecule has 0 bridgehead atoms. The minimum atomic E-state index is -1.26. The van der Waals surface area contributed by atoms with Crippen LogP contribution in [0, 0.1) is 12.7 Å². The molecule has 1 amide bonds. The van der Waals surface area contributed by atoms with Gasteiger partial charge < -0.3 is 14.4 Å². The number of aromatic nitrogens is 1. The fourth-order valence-corrected chi connectivity index (χ4v) is 3.75. The highest BCUT2D eigenvalue weighted by atomic mass is 35.5.